The highest BCUT2D eigenvalue weighted by atomic mass is 16.3. The van der Waals surface area contributed by atoms with Crippen LogP contribution in [0.3, 0.4) is 0 Å². The number of unbranched alkanes of at least 4 members (excludes halogenated alkanes) is 1. The van der Waals surface area contributed by atoms with Gasteiger partial charge in [-0.25, -0.2) is 0 Å². The Bertz CT molecular complexity index is 106. The topological polar surface area (TPSA) is 37.3 Å². The normalized spacial score (nSPS) is 13.8. The van der Waals surface area contributed by atoms with E-state index in [2.05, 4.69) is 0 Å². The van der Waals surface area contributed by atoms with Gasteiger partial charge in [-0.1, -0.05) is 6.08 Å². The molecule has 2 heteroatoms. The van der Waals surface area contributed by atoms with Crippen LogP contribution in [0, 0.1) is 0 Å². The fraction of sp³-hybridized carbons (Fsp3) is 0.625. The molecule has 2 nitrogen and oxygen atoms in total. The lowest BCUT2D eigenvalue weighted by Gasteiger charge is -1.99. The van der Waals surface area contributed by atoms with Crippen molar-refractivity contribution in [1.29, 1.82) is 0 Å². The highest BCUT2D eigenvalue weighted by Crippen LogP contribution is 1.99. The van der Waals surface area contributed by atoms with Gasteiger partial charge in [0.15, 0.2) is 0 Å². The van der Waals surface area contributed by atoms with Crippen LogP contribution in [0.2, 0.25) is 0 Å². The second-order valence-electron chi connectivity index (χ2n) is 2.34. The molecule has 0 heterocycles. The van der Waals surface area contributed by atoms with Crippen molar-refractivity contribution in [3.63, 3.8) is 0 Å². The average molecular weight is 142 g/mol. The van der Waals surface area contributed by atoms with Crippen LogP contribution in [0.4, 0.5) is 0 Å². The Morgan fingerprint density at radius 3 is 2.80 bits per heavy atom. The molecule has 0 fully saturated rings. The number of aliphatic hydroxyl groups excluding tert-OH is 1. The second kappa shape index (κ2) is 6.49. The summed E-state index contributed by atoms with van der Waals surface area (Å²) in [7, 11) is 0. The molecule has 1 atom stereocenters. The number of allylic oxidation sites excluding steroid dienone is 2. The van der Waals surface area contributed by atoms with Crippen LogP contribution in [-0.4, -0.2) is 17.5 Å². The highest BCUT2D eigenvalue weighted by molar-refractivity contribution is 5.64. The summed E-state index contributed by atoms with van der Waals surface area (Å²) >= 11 is 0. The molecule has 0 radical (unpaired) electrons. The summed E-state index contributed by atoms with van der Waals surface area (Å²) in [4.78, 5) is 9.77. The first-order valence-corrected chi connectivity index (χ1v) is 3.55. The highest BCUT2D eigenvalue weighted by Gasteiger charge is 1.91. The Labute approximate surface area is 61.6 Å². The zero-order chi connectivity index (χ0) is 7.82. The number of carbonyl (C=O) groups is 1. The summed E-state index contributed by atoms with van der Waals surface area (Å²) in [6.07, 6.45) is 6.49. The Balaban J connectivity index is 3.04. The molecular formula is C8H14O2. The summed E-state index contributed by atoms with van der Waals surface area (Å²) in [5.41, 5.74) is 0. The van der Waals surface area contributed by atoms with E-state index in [4.69, 9.17) is 5.11 Å². The molecule has 0 aromatic heterocycles. The van der Waals surface area contributed by atoms with Crippen molar-refractivity contribution in [3.8, 4) is 0 Å². The Hall–Kier alpha value is -0.630. The van der Waals surface area contributed by atoms with Crippen molar-refractivity contribution in [3.05, 3.63) is 12.2 Å². The Kier molecular flexibility index (Phi) is 6.08. The van der Waals surface area contributed by atoms with Crippen LogP contribution in [0.15, 0.2) is 12.2 Å². The number of carbonyl (C=O) groups excluding carboxylic acids is 1. The molecule has 1 unspecified atom stereocenters. The molecule has 0 bridgehead atoms. The molecule has 1 N–H and O–H groups in total. The fourth-order valence-electron chi connectivity index (χ4n) is 0.683. The van der Waals surface area contributed by atoms with Gasteiger partial charge in [0.25, 0.3) is 0 Å². The van der Waals surface area contributed by atoms with Crippen molar-refractivity contribution in [2.24, 2.45) is 0 Å². The molecule has 0 rings (SSSR count). The molecule has 0 aliphatic heterocycles. The van der Waals surface area contributed by atoms with Crippen molar-refractivity contribution in [1.82, 2.24) is 0 Å². The third-order valence-corrected chi connectivity index (χ3v) is 1.21. The van der Waals surface area contributed by atoms with Crippen LogP contribution in [0.25, 0.3) is 0 Å². The van der Waals surface area contributed by atoms with Gasteiger partial charge in [-0.3, -0.25) is 4.79 Å². The number of hydrogen-bond donors (Lipinski definition) is 1. The molecule has 10 heavy (non-hydrogen) atoms. The van der Waals surface area contributed by atoms with E-state index < -0.39 is 0 Å². The van der Waals surface area contributed by atoms with Crippen molar-refractivity contribution >= 4 is 6.29 Å². The number of aldehydes is 1. The Morgan fingerprint density at radius 2 is 2.30 bits per heavy atom. The maximum Gasteiger partial charge on any atom is 0.142 e. The zero-order valence-corrected chi connectivity index (χ0v) is 6.29. The molecule has 0 aliphatic rings. The zero-order valence-electron chi connectivity index (χ0n) is 6.29. The predicted octanol–water partition coefficient (Wildman–Crippen LogP) is 1.29. The molecule has 0 aromatic rings. The summed E-state index contributed by atoms with van der Waals surface area (Å²) in [6.45, 7) is 1.77. The summed E-state index contributed by atoms with van der Waals surface area (Å²) in [5.74, 6) is 0. The molecule has 0 aliphatic carbocycles. The van der Waals surface area contributed by atoms with Gasteiger partial charge in [0, 0.05) is 0 Å². The summed E-state index contributed by atoms with van der Waals surface area (Å²) in [6, 6.07) is 0. The lowest BCUT2D eigenvalue weighted by atomic mass is 10.2. The lowest BCUT2D eigenvalue weighted by Crippen LogP contribution is -1.97. The van der Waals surface area contributed by atoms with Crippen LogP contribution < -0.4 is 0 Å². The van der Waals surface area contributed by atoms with Crippen molar-refractivity contribution < 1.29 is 9.90 Å². The maximum atomic E-state index is 9.77. The SMILES string of the molecule is CC(O)CCCC=CC=O. The van der Waals surface area contributed by atoms with Gasteiger partial charge >= 0.3 is 0 Å². The monoisotopic (exact) mass is 142 g/mol. The van der Waals surface area contributed by atoms with Crippen LogP contribution >= 0.6 is 0 Å². The largest absolute Gasteiger partial charge is 0.393 e. The molecule has 58 valence electrons. The van der Waals surface area contributed by atoms with E-state index in [1.54, 1.807) is 6.92 Å². The van der Waals surface area contributed by atoms with Gasteiger partial charge in [-0.15, -0.1) is 0 Å². The second-order valence-corrected chi connectivity index (χ2v) is 2.34. The van der Waals surface area contributed by atoms with Crippen LogP contribution in [0.1, 0.15) is 26.2 Å². The minimum absolute atomic E-state index is 0.218. The van der Waals surface area contributed by atoms with E-state index in [-0.39, 0.29) is 6.10 Å². The number of aliphatic hydroxyl groups is 1. The van der Waals surface area contributed by atoms with E-state index in [1.165, 1.54) is 6.08 Å². The van der Waals surface area contributed by atoms with E-state index in [0.29, 0.717) is 0 Å². The fourth-order valence-corrected chi connectivity index (χ4v) is 0.683. The van der Waals surface area contributed by atoms with Crippen molar-refractivity contribution in [2.45, 2.75) is 32.3 Å². The van der Waals surface area contributed by atoms with Gasteiger partial charge in [0.2, 0.25) is 0 Å². The van der Waals surface area contributed by atoms with E-state index in [9.17, 15) is 4.79 Å². The first kappa shape index (κ1) is 9.37. The molecule has 0 saturated carbocycles. The molecule has 0 amide bonds. The summed E-state index contributed by atoms with van der Waals surface area (Å²) < 4.78 is 0. The average Bonchev–Trinajstić information content (AvgIpc) is 1.87. The minimum Gasteiger partial charge on any atom is -0.393 e. The quantitative estimate of drug-likeness (QED) is 0.357. The van der Waals surface area contributed by atoms with Crippen LogP contribution in [0.5, 0.6) is 0 Å². The van der Waals surface area contributed by atoms with E-state index in [1.807, 2.05) is 6.08 Å². The lowest BCUT2D eigenvalue weighted by molar-refractivity contribution is -0.104. The third kappa shape index (κ3) is 7.37. The standard InChI is InChI=1S/C8H14O2/c1-8(10)6-4-2-3-5-7-9/h3,5,7-8,10H,2,4,6H2,1H3. The summed E-state index contributed by atoms with van der Waals surface area (Å²) in [5, 5.41) is 8.82. The smallest absolute Gasteiger partial charge is 0.142 e. The first-order chi connectivity index (χ1) is 4.77. The van der Waals surface area contributed by atoms with E-state index >= 15 is 0 Å². The van der Waals surface area contributed by atoms with Gasteiger partial charge in [0.1, 0.15) is 6.29 Å². The van der Waals surface area contributed by atoms with Gasteiger partial charge in [0.05, 0.1) is 6.10 Å². The van der Waals surface area contributed by atoms with Gasteiger partial charge in [-0.2, -0.15) is 0 Å². The van der Waals surface area contributed by atoms with Crippen LogP contribution in [-0.2, 0) is 4.79 Å². The molecule has 0 spiro atoms. The first-order valence-electron chi connectivity index (χ1n) is 3.55. The minimum atomic E-state index is -0.218. The third-order valence-electron chi connectivity index (χ3n) is 1.21. The molecule has 0 aromatic carbocycles. The predicted molar refractivity (Wildman–Crippen MR) is 40.7 cm³/mol. The molecule has 0 saturated heterocycles. The van der Waals surface area contributed by atoms with Gasteiger partial charge in [-0.05, 0) is 32.3 Å². The number of hydrogen-bond acceptors (Lipinski definition) is 2. The van der Waals surface area contributed by atoms with E-state index in [0.717, 1.165) is 25.5 Å². The van der Waals surface area contributed by atoms with Crippen molar-refractivity contribution in [2.75, 3.05) is 0 Å². The van der Waals surface area contributed by atoms with Gasteiger partial charge < -0.3 is 5.11 Å². The molecular weight excluding hydrogens is 128 g/mol. The maximum absolute atomic E-state index is 9.77. The number of rotatable bonds is 5. The Morgan fingerprint density at radius 1 is 1.60 bits per heavy atom.